The largest absolute Gasteiger partial charge is 0.361 e. The average molecular weight is 260 g/mol. The lowest BCUT2D eigenvalue weighted by Gasteiger charge is -2.19. The van der Waals surface area contributed by atoms with Gasteiger partial charge in [-0.15, -0.1) is 0 Å². The van der Waals surface area contributed by atoms with Gasteiger partial charge in [0.1, 0.15) is 5.76 Å². The van der Waals surface area contributed by atoms with Gasteiger partial charge in [0.15, 0.2) is 0 Å². The first-order chi connectivity index (χ1) is 9.18. The Morgan fingerprint density at radius 3 is 2.95 bits per heavy atom. The maximum absolute atomic E-state index is 5.28. The highest BCUT2D eigenvalue weighted by Gasteiger charge is 2.25. The first-order valence-electron chi connectivity index (χ1n) is 6.83. The van der Waals surface area contributed by atoms with Crippen molar-refractivity contribution >= 4 is 0 Å². The minimum atomic E-state index is 0.212. The molecule has 1 saturated heterocycles. The van der Waals surface area contributed by atoms with Crippen molar-refractivity contribution in [1.82, 2.24) is 20.0 Å². The Bertz CT molecular complexity index is 546. The summed E-state index contributed by atoms with van der Waals surface area (Å²) < 4.78 is 7.54. The fourth-order valence-electron chi connectivity index (χ4n) is 3.09. The number of aromatic nitrogens is 3. The molecule has 2 unspecified atom stereocenters. The van der Waals surface area contributed by atoms with Crippen molar-refractivity contribution < 1.29 is 4.52 Å². The molecule has 3 heterocycles. The lowest BCUT2D eigenvalue weighted by Crippen LogP contribution is -2.15. The van der Waals surface area contributed by atoms with E-state index in [0.29, 0.717) is 5.92 Å². The highest BCUT2D eigenvalue weighted by molar-refractivity contribution is 5.27. The Kier molecular flexibility index (Phi) is 3.14. The number of rotatable bonds is 3. The van der Waals surface area contributed by atoms with Crippen molar-refractivity contribution in [3.05, 3.63) is 35.2 Å². The van der Waals surface area contributed by atoms with Crippen molar-refractivity contribution in [3.8, 4) is 0 Å². The zero-order valence-electron chi connectivity index (χ0n) is 11.7. The number of aryl methyl sites for hydroxylation is 2. The van der Waals surface area contributed by atoms with E-state index >= 15 is 0 Å². The van der Waals surface area contributed by atoms with Gasteiger partial charge in [0.2, 0.25) is 0 Å². The minimum Gasteiger partial charge on any atom is -0.361 e. The fourth-order valence-corrected chi connectivity index (χ4v) is 3.09. The Labute approximate surface area is 113 Å². The zero-order chi connectivity index (χ0) is 13.4. The van der Waals surface area contributed by atoms with Gasteiger partial charge in [-0.3, -0.25) is 0 Å². The van der Waals surface area contributed by atoms with E-state index in [4.69, 9.17) is 4.52 Å². The molecule has 19 heavy (non-hydrogen) atoms. The van der Waals surface area contributed by atoms with Crippen molar-refractivity contribution in [1.29, 1.82) is 0 Å². The van der Waals surface area contributed by atoms with Crippen molar-refractivity contribution in [2.24, 2.45) is 0 Å². The monoisotopic (exact) mass is 260 g/mol. The second kappa shape index (κ2) is 4.81. The predicted molar refractivity (Wildman–Crippen MR) is 72.2 cm³/mol. The third-order valence-electron chi connectivity index (χ3n) is 4.10. The first-order valence-corrected chi connectivity index (χ1v) is 6.83. The summed E-state index contributed by atoms with van der Waals surface area (Å²) in [4.78, 5) is 4.34. The van der Waals surface area contributed by atoms with Gasteiger partial charge in [0.05, 0.1) is 18.1 Å². The summed E-state index contributed by atoms with van der Waals surface area (Å²) in [6.45, 7) is 8.28. The second-order valence-electron chi connectivity index (χ2n) is 5.33. The van der Waals surface area contributed by atoms with Gasteiger partial charge in [-0.1, -0.05) is 5.16 Å². The standard InChI is InChI=1S/C14H20N4O/c1-9-14(11(3)19-17-9)10(2)18-8-16-7-13(18)12-4-5-15-6-12/h7-8,10,12,15H,4-6H2,1-3H3. The molecule has 2 aromatic heterocycles. The number of hydrogen-bond acceptors (Lipinski definition) is 4. The van der Waals surface area contributed by atoms with E-state index in [-0.39, 0.29) is 6.04 Å². The van der Waals surface area contributed by atoms with Crippen LogP contribution in [0.5, 0.6) is 0 Å². The van der Waals surface area contributed by atoms with E-state index in [1.165, 1.54) is 17.7 Å². The first kappa shape index (κ1) is 12.4. The lowest BCUT2D eigenvalue weighted by molar-refractivity contribution is 0.390. The van der Waals surface area contributed by atoms with E-state index in [9.17, 15) is 0 Å². The maximum atomic E-state index is 5.28. The van der Waals surface area contributed by atoms with Crippen LogP contribution >= 0.6 is 0 Å². The summed E-state index contributed by atoms with van der Waals surface area (Å²) in [6.07, 6.45) is 5.09. The molecule has 2 aromatic rings. The molecule has 2 atom stereocenters. The summed E-state index contributed by atoms with van der Waals surface area (Å²) in [5, 5.41) is 7.47. The highest BCUT2D eigenvalue weighted by Crippen LogP contribution is 2.30. The van der Waals surface area contributed by atoms with Crippen LogP contribution in [0.15, 0.2) is 17.0 Å². The van der Waals surface area contributed by atoms with E-state index in [1.54, 1.807) is 0 Å². The summed E-state index contributed by atoms with van der Waals surface area (Å²) in [6, 6.07) is 0.212. The fraction of sp³-hybridized carbons (Fsp3) is 0.571. The normalized spacial score (nSPS) is 20.9. The molecule has 0 spiro atoms. The Hall–Kier alpha value is -1.62. The van der Waals surface area contributed by atoms with Crippen LogP contribution in [0, 0.1) is 13.8 Å². The van der Waals surface area contributed by atoms with Crippen LogP contribution < -0.4 is 5.32 Å². The molecule has 0 radical (unpaired) electrons. The number of nitrogens with one attached hydrogen (secondary N) is 1. The molecule has 3 rings (SSSR count). The topological polar surface area (TPSA) is 55.9 Å². The molecule has 5 nitrogen and oxygen atoms in total. The van der Waals surface area contributed by atoms with Gasteiger partial charge >= 0.3 is 0 Å². The molecule has 1 N–H and O–H groups in total. The summed E-state index contributed by atoms with van der Waals surface area (Å²) >= 11 is 0. The third-order valence-corrected chi connectivity index (χ3v) is 4.10. The minimum absolute atomic E-state index is 0.212. The van der Waals surface area contributed by atoms with Crippen molar-refractivity contribution in [3.63, 3.8) is 0 Å². The Morgan fingerprint density at radius 2 is 2.32 bits per heavy atom. The van der Waals surface area contributed by atoms with Gasteiger partial charge < -0.3 is 14.4 Å². The smallest absolute Gasteiger partial charge is 0.139 e. The van der Waals surface area contributed by atoms with Crippen LogP contribution in [0.25, 0.3) is 0 Å². The van der Waals surface area contributed by atoms with Gasteiger partial charge in [0.25, 0.3) is 0 Å². The molecule has 5 heteroatoms. The predicted octanol–water partition coefficient (Wildman–Crippen LogP) is 2.17. The van der Waals surface area contributed by atoms with Gasteiger partial charge in [-0.2, -0.15) is 0 Å². The molecule has 0 saturated carbocycles. The Morgan fingerprint density at radius 1 is 1.47 bits per heavy atom. The number of nitrogens with zero attached hydrogens (tertiary/aromatic N) is 3. The Balaban J connectivity index is 1.96. The molecular formula is C14H20N4O. The quantitative estimate of drug-likeness (QED) is 0.919. The number of hydrogen-bond donors (Lipinski definition) is 1. The van der Waals surface area contributed by atoms with Gasteiger partial charge in [-0.25, -0.2) is 4.98 Å². The molecule has 0 aromatic carbocycles. The zero-order valence-corrected chi connectivity index (χ0v) is 11.7. The van der Waals surface area contributed by atoms with Crippen LogP contribution in [-0.4, -0.2) is 27.8 Å². The molecule has 0 bridgehead atoms. The van der Waals surface area contributed by atoms with E-state index in [1.807, 2.05) is 26.4 Å². The number of imidazole rings is 1. The molecule has 1 fully saturated rings. The summed E-state index contributed by atoms with van der Waals surface area (Å²) in [5.41, 5.74) is 3.44. The van der Waals surface area contributed by atoms with Crippen molar-refractivity contribution in [2.75, 3.05) is 13.1 Å². The lowest BCUT2D eigenvalue weighted by atomic mass is 10.0. The van der Waals surface area contributed by atoms with Crippen LogP contribution in [-0.2, 0) is 0 Å². The average Bonchev–Trinajstić information content (AvgIpc) is 3.08. The van der Waals surface area contributed by atoms with E-state index < -0.39 is 0 Å². The maximum Gasteiger partial charge on any atom is 0.139 e. The highest BCUT2D eigenvalue weighted by atomic mass is 16.5. The van der Waals surface area contributed by atoms with E-state index in [0.717, 1.165) is 24.5 Å². The molecule has 0 amide bonds. The van der Waals surface area contributed by atoms with Crippen LogP contribution in [0.4, 0.5) is 0 Å². The van der Waals surface area contributed by atoms with Gasteiger partial charge in [-0.05, 0) is 33.7 Å². The SMILES string of the molecule is Cc1noc(C)c1C(C)n1cncc1C1CCNC1. The van der Waals surface area contributed by atoms with Crippen LogP contribution in [0.1, 0.15) is 48.0 Å². The van der Waals surface area contributed by atoms with Crippen LogP contribution in [0.2, 0.25) is 0 Å². The van der Waals surface area contributed by atoms with Gasteiger partial charge in [0, 0.05) is 29.9 Å². The molecule has 1 aliphatic rings. The second-order valence-corrected chi connectivity index (χ2v) is 5.33. The summed E-state index contributed by atoms with van der Waals surface area (Å²) in [7, 11) is 0. The molecule has 1 aliphatic heterocycles. The molecule has 0 aliphatic carbocycles. The van der Waals surface area contributed by atoms with Crippen LogP contribution in [0.3, 0.4) is 0 Å². The summed E-state index contributed by atoms with van der Waals surface area (Å²) in [5.74, 6) is 1.46. The third kappa shape index (κ3) is 2.08. The molecular weight excluding hydrogens is 240 g/mol. The molecule has 102 valence electrons. The van der Waals surface area contributed by atoms with E-state index in [2.05, 4.69) is 26.9 Å². The van der Waals surface area contributed by atoms with Crippen molar-refractivity contribution in [2.45, 2.75) is 39.2 Å².